The van der Waals surface area contributed by atoms with Crippen molar-refractivity contribution in [1.82, 2.24) is 0 Å². The number of methoxy groups -OCH3 is 1. The van der Waals surface area contributed by atoms with E-state index in [1.54, 1.807) is 7.11 Å². The number of rotatable bonds is 13. The molecule has 0 saturated heterocycles. The topological polar surface area (TPSA) is 47.3 Å². The number of unbranched alkanes of at least 4 members (excludes halogenated alkanes) is 9. The fourth-order valence-corrected chi connectivity index (χ4v) is 2.69. The van der Waals surface area contributed by atoms with Gasteiger partial charge in [0.2, 0.25) is 0 Å². The molecule has 0 amide bonds. The molecule has 22 heavy (non-hydrogen) atoms. The van der Waals surface area contributed by atoms with Crippen LogP contribution in [0.5, 0.6) is 5.75 Å². The monoisotopic (exact) mass is 306 g/mol. The third-order valence-corrected chi connectivity index (χ3v) is 4.07. The van der Waals surface area contributed by atoms with Crippen LogP contribution in [0.4, 0.5) is 11.4 Å². The Morgan fingerprint density at radius 3 is 2.09 bits per heavy atom. The number of nitrogens with one attached hydrogen (secondary N) is 1. The van der Waals surface area contributed by atoms with E-state index in [1.807, 2.05) is 18.2 Å². The molecule has 1 aromatic carbocycles. The number of hydrogen-bond acceptors (Lipinski definition) is 3. The fraction of sp³-hybridized carbons (Fsp3) is 0.684. The maximum atomic E-state index is 5.76. The lowest BCUT2D eigenvalue weighted by atomic mass is 10.1. The van der Waals surface area contributed by atoms with Crippen LogP contribution >= 0.6 is 0 Å². The molecule has 3 nitrogen and oxygen atoms in total. The highest BCUT2D eigenvalue weighted by Gasteiger charge is 2.02. The van der Waals surface area contributed by atoms with Gasteiger partial charge < -0.3 is 15.8 Å². The van der Waals surface area contributed by atoms with Gasteiger partial charge in [-0.3, -0.25) is 0 Å². The maximum Gasteiger partial charge on any atom is 0.143 e. The van der Waals surface area contributed by atoms with Gasteiger partial charge in [0.25, 0.3) is 0 Å². The Morgan fingerprint density at radius 2 is 1.50 bits per heavy atom. The molecule has 0 unspecified atom stereocenters. The molecule has 0 atom stereocenters. The van der Waals surface area contributed by atoms with Crippen LogP contribution in [0.3, 0.4) is 0 Å². The van der Waals surface area contributed by atoms with Crippen LogP contribution in [-0.2, 0) is 0 Å². The number of hydrogen-bond donors (Lipinski definition) is 2. The lowest BCUT2D eigenvalue weighted by Crippen LogP contribution is -2.03. The summed E-state index contributed by atoms with van der Waals surface area (Å²) in [5.74, 6) is 0.826. The molecule has 0 heterocycles. The quantitative estimate of drug-likeness (QED) is 0.368. The first kappa shape index (κ1) is 18.7. The van der Waals surface area contributed by atoms with Crippen molar-refractivity contribution in [3.63, 3.8) is 0 Å². The lowest BCUT2D eigenvalue weighted by molar-refractivity contribution is 0.416. The molecule has 3 N–H and O–H groups in total. The van der Waals surface area contributed by atoms with E-state index in [0.717, 1.165) is 23.7 Å². The van der Waals surface area contributed by atoms with E-state index < -0.39 is 0 Å². The third-order valence-electron chi connectivity index (χ3n) is 4.07. The van der Waals surface area contributed by atoms with Crippen LogP contribution in [0, 0.1) is 0 Å². The predicted octanol–water partition coefficient (Wildman–Crippen LogP) is 5.61. The Labute approximate surface area is 136 Å². The highest BCUT2D eigenvalue weighted by Crippen LogP contribution is 2.26. The number of nitrogen functional groups attached to an aromatic ring is 1. The van der Waals surface area contributed by atoms with E-state index in [2.05, 4.69) is 12.2 Å². The van der Waals surface area contributed by atoms with Crippen LogP contribution in [0.1, 0.15) is 71.1 Å². The fourth-order valence-electron chi connectivity index (χ4n) is 2.69. The standard InChI is InChI=1S/C19H34N2O/c1-3-4-5-6-7-8-9-10-11-12-15-21-18-14-13-17(20)16-19(18)22-2/h13-14,16,21H,3-12,15,20H2,1-2H3. The number of benzene rings is 1. The van der Waals surface area contributed by atoms with Crippen LogP contribution < -0.4 is 15.8 Å². The molecule has 1 rings (SSSR count). The molecule has 0 radical (unpaired) electrons. The van der Waals surface area contributed by atoms with E-state index in [1.165, 1.54) is 64.2 Å². The van der Waals surface area contributed by atoms with Gasteiger partial charge in [0.15, 0.2) is 0 Å². The van der Waals surface area contributed by atoms with Crippen molar-refractivity contribution in [2.75, 3.05) is 24.7 Å². The SMILES string of the molecule is CCCCCCCCCCCCNc1ccc(N)cc1OC. The Hall–Kier alpha value is -1.38. The summed E-state index contributed by atoms with van der Waals surface area (Å²) in [6.45, 7) is 3.27. The minimum absolute atomic E-state index is 0.737. The van der Waals surface area contributed by atoms with Gasteiger partial charge >= 0.3 is 0 Å². The predicted molar refractivity (Wildman–Crippen MR) is 97.7 cm³/mol. The molecule has 0 aliphatic rings. The summed E-state index contributed by atoms with van der Waals surface area (Å²) in [7, 11) is 1.68. The first-order chi connectivity index (χ1) is 10.8. The van der Waals surface area contributed by atoms with Crippen molar-refractivity contribution in [2.24, 2.45) is 0 Å². The summed E-state index contributed by atoms with van der Waals surface area (Å²) >= 11 is 0. The second-order valence-electron chi connectivity index (χ2n) is 6.07. The van der Waals surface area contributed by atoms with E-state index in [-0.39, 0.29) is 0 Å². The third kappa shape index (κ3) is 8.16. The zero-order valence-corrected chi connectivity index (χ0v) is 14.5. The van der Waals surface area contributed by atoms with Crippen LogP contribution in [0.15, 0.2) is 18.2 Å². The Bertz CT molecular complexity index is 393. The first-order valence-electron chi connectivity index (χ1n) is 8.95. The van der Waals surface area contributed by atoms with Gasteiger partial charge in [-0.25, -0.2) is 0 Å². The van der Waals surface area contributed by atoms with Gasteiger partial charge in [0, 0.05) is 18.3 Å². The minimum atomic E-state index is 0.737. The molecular formula is C19H34N2O. The van der Waals surface area contributed by atoms with Crippen LogP contribution in [-0.4, -0.2) is 13.7 Å². The average Bonchev–Trinajstić information content (AvgIpc) is 2.53. The molecular weight excluding hydrogens is 272 g/mol. The molecule has 126 valence electrons. The molecule has 0 saturated carbocycles. The van der Waals surface area contributed by atoms with Crippen molar-refractivity contribution < 1.29 is 4.74 Å². The molecule has 0 spiro atoms. The highest BCUT2D eigenvalue weighted by atomic mass is 16.5. The van der Waals surface area contributed by atoms with Crippen LogP contribution in [0.2, 0.25) is 0 Å². The second kappa shape index (κ2) is 12.2. The average molecular weight is 306 g/mol. The number of nitrogens with two attached hydrogens (primary N) is 1. The van der Waals surface area contributed by atoms with Crippen LogP contribution in [0.25, 0.3) is 0 Å². The molecule has 0 aromatic heterocycles. The summed E-state index contributed by atoms with van der Waals surface area (Å²) in [5.41, 5.74) is 7.53. The summed E-state index contributed by atoms with van der Waals surface area (Å²) in [6, 6.07) is 5.76. The van der Waals surface area contributed by atoms with E-state index in [9.17, 15) is 0 Å². The number of ether oxygens (including phenoxy) is 1. The highest BCUT2D eigenvalue weighted by molar-refractivity contribution is 5.62. The van der Waals surface area contributed by atoms with Gasteiger partial charge in [0.1, 0.15) is 5.75 Å². The molecule has 0 fully saturated rings. The Balaban J connectivity index is 1.99. The van der Waals surface area contributed by atoms with Crippen molar-refractivity contribution >= 4 is 11.4 Å². The Morgan fingerprint density at radius 1 is 0.909 bits per heavy atom. The smallest absolute Gasteiger partial charge is 0.143 e. The van der Waals surface area contributed by atoms with E-state index in [4.69, 9.17) is 10.5 Å². The van der Waals surface area contributed by atoms with E-state index in [0.29, 0.717) is 0 Å². The van der Waals surface area contributed by atoms with Crippen molar-refractivity contribution in [1.29, 1.82) is 0 Å². The summed E-state index contributed by atoms with van der Waals surface area (Å²) in [6.07, 6.45) is 13.7. The van der Waals surface area contributed by atoms with Gasteiger partial charge in [-0.05, 0) is 18.6 Å². The minimum Gasteiger partial charge on any atom is -0.495 e. The molecule has 0 aliphatic carbocycles. The summed E-state index contributed by atoms with van der Waals surface area (Å²) in [4.78, 5) is 0. The summed E-state index contributed by atoms with van der Waals surface area (Å²) in [5, 5.41) is 3.44. The van der Waals surface area contributed by atoms with Crippen molar-refractivity contribution in [3.8, 4) is 5.75 Å². The normalized spacial score (nSPS) is 10.6. The zero-order chi connectivity index (χ0) is 16.0. The van der Waals surface area contributed by atoms with Gasteiger partial charge in [-0.15, -0.1) is 0 Å². The number of anilines is 2. The lowest BCUT2D eigenvalue weighted by Gasteiger charge is -2.11. The van der Waals surface area contributed by atoms with Crippen molar-refractivity contribution in [3.05, 3.63) is 18.2 Å². The van der Waals surface area contributed by atoms with E-state index >= 15 is 0 Å². The molecule has 1 aromatic rings. The summed E-state index contributed by atoms with van der Waals surface area (Å²) < 4.78 is 5.33. The second-order valence-corrected chi connectivity index (χ2v) is 6.07. The molecule has 0 bridgehead atoms. The zero-order valence-electron chi connectivity index (χ0n) is 14.5. The maximum absolute atomic E-state index is 5.76. The molecule has 0 aliphatic heterocycles. The van der Waals surface area contributed by atoms with Crippen molar-refractivity contribution in [2.45, 2.75) is 71.1 Å². The van der Waals surface area contributed by atoms with Gasteiger partial charge in [-0.2, -0.15) is 0 Å². The molecule has 3 heteroatoms. The Kier molecular flexibility index (Phi) is 10.3. The first-order valence-corrected chi connectivity index (χ1v) is 8.95. The van der Waals surface area contributed by atoms with Gasteiger partial charge in [-0.1, -0.05) is 64.7 Å². The largest absolute Gasteiger partial charge is 0.495 e. The van der Waals surface area contributed by atoms with Gasteiger partial charge in [0.05, 0.1) is 12.8 Å².